The standard InChI is InChI=1S/C15H28N2O6S/c1-4-6-11(7-5-2)24(21,22)10-15(17,14(16)20)12(18)8-9-13(19)23-3/h11H,4-10,17H2,1-3H3,(H2,16,20)/t15-/m1/s1. The molecule has 140 valence electrons. The third-order valence-electron chi connectivity index (χ3n) is 3.88. The van der Waals surface area contributed by atoms with Crippen LogP contribution in [0, 0.1) is 0 Å². The van der Waals surface area contributed by atoms with Crippen molar-refractivity contribution >= 4 is 27.5 Å². The van der Waals surface area contributed by atoms with E-state index in [1.807, 2.05) is 13.8 Å². The third-order valence-corrected chi connectivity index (χ3v) is 6.22. The highest BCUT2D eigenvalue weighted by molar-refractivity contribution is 7.92. The Morgan fingerprint density at radius 2 is 1.58 bits per heavy atom. The van der Waals surface area contributed by atoms with Gasteiger partial charge in [-0.1, -0.05) is 26.7 Å². The van der Waals surface area contributed by atoms with Gasteiger partial charge in [0.1, 0.15) is 0 Å². The summed E-state index contributed by atoms with van der Waals surface area (Å²) >= 11 is 0. The molecule has 0 saturated carbocycles. The molecule has 0 bridgehead atoms. The molecule has 0 aliphatic heterocycles. The fraction of sp³-hybridized carbons (Fsp3) is 0.800. The van der Waals surface area contributed by atoms with Crippen LogP contribution in [0.15, 0.2) is 0 Å². The summed E-state index contributed by atoms with van der Waals surface area (Å²) in [5, 5.41) is -0.678. The second kappa shape index (κ2) is 9.73. The van der Waals surface area contributed by atoms with Crippen LogP contribution in [-0.2, 0) is 29.0 Å². The number of sulfone groups is 1. The molecule has 0 saturated heterocycles. The Morgan fingerprint density at radius 1 is 1.08 bits per heavy atom. The minimum Gasteiger partial charge on any atom is -0.469 e. The Bertz CT molecular complexity index is 554. The van der Waals surface area contributed by atoms with Gasteiger partial charge in [-0.25, -0.2) is 8.42 Å². The monoisotopic (exact) mass is 364 g/mol. The van der Waals surface area contributed by atoms with Crippen molar-refractivity contribution in [3.63, 3.8) is 0 Å². The van der Waals surface area contributed by atoms with Crippen LogP contribution < -0.4 is 11.5 Å². The van der Waals surface area contributed by atoms with Crippen molar-refractivity contribution in [2.45, 2.75) is 63.2 Å². The number of ether oxygens (including phenoxy) is 1. The number of hydrogen-bond acceptors (Lipinski definition) is 7. The molecule has 4 N–H and O–H groups in total. The van der Waals surface area contributed by atoms with Crippen LogP contribution in [0.2, 0.25) is 0 Å². The highest BCUT2D eigenvalue weighted by Gasteiger charge is 2.45. The lowest BCUT2D eigenvalue weighted by atomic mass is 9.93. The van der Waals surface area contributed by atoms with E-state index < -0.39 is 50.5 Å². The van der Waals surface area contributed by atoms with E-state index in [0.29, 0.717) is 25.7 Å². The van der Waals surface area contributed by atoms with E-state index >= 15 is 0 Å². The first-order valence-electron chi connectivity index (χ1n) is 7.95. The first-order valence-corrected chi connectivity index (χ1v) is 9.67. The maximum Gasteiger partial charge on any atom is 0.305 e. The first kappa shape index (κ1) is 22.5. The van der Waals surface area contributed by atoms with E-state index in [1.165, 1.54) is 0 Å². The molecular weight excluding hydrogens is 336 g/mol. The first-order chi connectivity index (χ1) is 11.0. The van der Waals surface area contributed by atoms with Gasteiger partial charge in [0.15, 0.2) is 21.2 Å². The number of amides is 1. The summed E-state index contributed by atoms with van der Waals surface area (Å²) in [6, 6.07) is 0. The van der Waals surface area contributed by atoms with Gasteiger partial charge in [0.2, 0.25) is 5.91 Å². The molecule has 0 spiro atoms. The summed E-state index contributed by atoms with van der Waals surface area (Å²) < 4.78 is 29.6. The van der Waals surface area contributed by atoms with Crippen LogP contribution in [0.1, 0.15) is 52.4 Å². The van der Waals surface area contributed by atoms with E-state index in [0.717, 1.165) is 7.11 Å². The third kappa shape index (κ3) is 6.20. The molecular formula is C15H28N2O6S. The number of esters is 1. The summed E-state index contributed by atoms with van der Waals surface area (Å²) in [4.78, 5) is 35.1. The van der Waals surface area contributed by atoms with Crippen molar-refractivity contribution in [3.8, 4) is 0 Å². The Morgan fingerprint density at radius 3 is 1.96 bits per heavy atom. The molecule has 0 rings (SSSR count). The van der Waals surface area contributed by atoms with Crippen molar-refractivity contribution in [1.82, 2.24) is 0 Å². The maximum atomic E-state index is 12.6. The summed E-state index contributed by atoms with van der Waals surface area (Å²) in [5.74, 6) is -3.60. The van der Waals surface area contributed by atoms with Crippen molar-refractivity contribution in [3.05, 3.63) is 0 Å². The SMILES string of the molecule is CCCC(CCC)S(=O)(=O)C[C@](N)(C(N)=O)C(=O)CCC(=O)OC. The van der Waals surface area contributed by atoms with Gasteiger partial charge in [0.05, 0.1) is 24.5 Å². The molecule has 8 nitrogen and oxygen atoms in total. The fourth-order valence-electron chi connectivity index (χ4n) is 2.41. The van der Waals surface area contributed by atoms with Crippen LogP contribution in [0.5, 0.6) is 0 Å². The van der Waals surface area contributed by atoms with E-state index in [-0.39, 0.29) is 6.42 Å². The van der Waals surface area contributed by atoms with Crippen LogP contribution in [0.4, 0.5) is 0 Å². The van der Waals surface area contributed by atoms with Gasteiger partial charge in [0, 0.05) is 6.42 Å². The van der Waals surface area contributed by atoms with Gasteiger partial charge >= 0.3 is 5.97 Å². The molecule has 9 heteroatoms. The Kier molecular flexibility index (Phi) is 9.13. The van der Waals surface area contributed by atoms with Gasteiger partial charge in [-0.2, -0.15) is 0 Å². The lowest BCUT2D eigenvalue weighted by Gasteiger charge is -2.27. The number of Topliss-reactive ketones (excluding diaryl/α,β-unsaturated/α-hetero) is 1. The maximum absolute atomic E-state index is 12.6. The van der Waals surface area contributed by atoms with Gasteiger partial charge in [-0.05, 0) is 12.8 Å². The van der Waals surface area contributed by atoms with E-state index in [1.54, 1.807) is 0 Å². The molecule has 0 aromatic carbocycles. The predicted octanol–water partition coefficient (Wildman–Crippen LogP) is 0.0751. The van der Waals surface area contributed by atoms with Crippen LogP contribution >= 0.6 is 0 Å². The van der Waals surface area contributed by atoms with Crippen molar-refractivity contribution in [2.24, 2.45) is 11.5 Å². The normalized spacial score (nSPS) is 14.2. The van der Waals surface area contributed by atoms with Crippen molar-refractivity contribution in [1.29, 1.82) is 0 Å². The minimum absolute atomic E-state index is 0.297. The molecule has 0 unspecified atom stereocenters. The molecule has 0 fully saturated rings. The second-order valence-electron chi connectivity index (χ2n) is 5.84. The van der Waals surface area contributed by atoms with Gasteiger partial charge in [0.25, 0.3) is 0 Å². The zero-order valence-corrected chi connectivity index (χ0v) is 15.4. The number of nitrogens with two attached hydrogens (primary N) is 2. The topological polar surface area (TPSA) is 147 Å². The zero-order chi connectivity index (χ0) is 19.0. The molecule has 24 heavy (non-hydrogen) atoms. The van der Waals surface area contributed by atoms with E-state index in [9.17, 15) is 22.8 Å². The number of ketones is 1. The number of hydrogen-bond donors (Lipinski definition) is 2. The average molecular weight is 364 g/mol. The number of primary amides is 1. The minimum atomic E-state index is -3.80. The Labute approximate surface area is 143 Å². The van der Waals surface area contributed by atoms with Crippen LogP contribution in [0.25, 0.3) is 0 Å². The molecule has 0 radical (unpaired) electrons. The lowest BCUT2D eigenvalue weighted by molar-refractivity contribution is -0.143. The molecule has 0 aliphatic rings. The fourth-order valence-corrected chi connectivity index (χ4v) is 4.78. The largest absolute Gasteiger partial charge is 0.469 e. The quantitative estimate of drug-likeness (QED) is 0.368. The summed E-state index contributed by atoms with van der Waals surface area (Å²) in [7, 11) is -2.65. The number of methoxy groups -OCH3 is 1. The summed E-state index contributed by atoms with van der Waals surface area (Å²) in [5.41, 5.74) is 8.63. The molecule has 0 heterocycles. The number of carbonyl (C=O) groups excluding carboxylic acids is 3. The van der Waals surface area contributed by atoms with Gasteiger partial charge in [-0.15, -0.1) is 0 Å². The predicted molar refractivity (Wildman–Crippen MR) is 89.8 cm³/mol. The van der Waals surface area contributed by atoms with E-state index in [2.05, 4.69) is 4.74 Å². The lowest BCUT2D eigenvalue weighted by Crippen LogP contribution is -2.63. The average Bonchev–Trinajstić information content (AvgIpc) is 2.51. The molecule has 0 aromatic rings. The van der Waals surface area contributed by atoms with Crippen molar-refractivity contribution < 1.29 is 27.5 Å². The second-order valence-corrected chi connectivity index (χ2v) is 8.12. The van der Waals surface area contributed by atoms with E-state index in [4.69, 9.17) is 11.5 Å². The molecule has 0 aromatic heterocycles. The van der Waals surface area contributed by atoms with Crippen molar-refractivity contribution in [2.75, 3.05) is 12.9 Å². The highest BCUT2D eigenvalue weighted by atomic mass is 32.2. The Balaban J connectivity index is 5.39. The highest BCUT2D eigenvalue weighted by Crippen LogP contribution is 2.20. The van der Waals surface area contributed by atoms with Crippen LogP contribution in [-0.4, -0.2) is 49.7 Å². The number of rotatable bonds is 12. The smallest absolute Gasteiger partial charge is 0.305 e. The van der Waals surface area contributed by atoms with Crippen LogP contribution in [0.3, 0.4) is 0 Å². The molecule has 1 amide bonds. The number of carbonyl (C=O) groups is 3. The Hall–Kier alpha value is -1.48. The zero-order valence-electron chi connectivity index (χ0n) is 14.5. The summed E-state index contributed by atoms with van der Waals surface area (Å²) in [6.07, 6.45) is 1.42. The molecule has 1 atom stereocenters. The summed E-state index contributed by atoms with van der Waals surface area (Å²) in [6.45, 7) is 3.70. The van der Waals surface area contributed by atoms with Gasteiger partial charge < -0.3 is 16.2 Å². The van der Waals surface area contributed by atoms with Gasteiger partial charge in [-0.3, -0.25) is 14.4 Å². The molecule has 0 aliphatic carbocycles.